The van der Waals surface area contributed by atoms with Crippen LogP contribution in [0.1, 0.15) is 25.7 Å². The number of rotatable bonds is 3. The van der Waals surface area contributed by atoms with Crippen molar-refractivity contribution in [1.82, 2.24) is 25.9 Å². The summed E-state index contributed by atoms with van der Waals surface area (Å²) < 4.78 is 5.45. The van der Waals surface area contributed by atoms with E-state index < -0.39 is 0 Å². The van der Waals surface area contributed by atoms with E-state index in [0.717, 1.165) is 32.8 Å². The van der Waals surface area contributed by atoms with Gasteiger partial charge in [0.2, 0.25) is 0 Å². The van der Waals surface area contributed by atoms with Crippen LogP contribution in [-0.2, 0) is 9.57 Å². The number of hydrogen-bond donors (Lipinski definition) is 3. The SMILES string of the molecule is CN1CCC[C@H]1C1NC(C2CCC(N3CCOCC3)NC2)NO1. The van der Waals surface area contributed by atoms with Crippen molar-refractivity contribution < 1.29 is 9.57 Å². The standard InChI is InChI=1S/C16H31N5O2/c1-20-6-2-3-13(20)16-18-15(19-23-16)12-4-5-14(17-11-12)21-7-9-22-10-8-21/h12-19H,2-11H2,1H3/t12?,13-,14?,15?,16?/m0/s1. The van der Waals surface area contributed by atoms with Gasteiger partial charge in [-0.2, -0.15) is 5.48 Å². The molecule has 4 fully saturated rings. The van der Waals surface area contributed by atoms with Crippen LogP contribution < -0.4 is 16.1 Å². The monoisotopic (exact) mass is 325 g/mol. The molecule has 0 bridgehead atoms. The first kappa shape index (κ1) is 16.2. The number of nitrogens with zero attached hydrogens (tertiary/aromatic N) is 2. The third-order valence-corrected chi connectivity index (χ3v) is 5.98. The molecule has 0 aromatic heterocycles. The molecule has 0 spiro atoms. The number of ether oxygens (including phenoxy) is 1. The van der Waals surface area contributed by atoms with E-state index in [1.165, 1.54) is 32.2 Å². The summed E-state index contributed by atoms with van der Waals surface area (Å²) in [6.45, 7) is 6.09. The Hall–Kier alpha value is -0.280. The van der Waals surface area contributed by atoms with E-state index in [-0.39, 0.29) is 12.4 Å². The Labute approximate surface area is 139 Å². The second kappa shape index (κ2) is 7.31. The van der Waals surface area contributed by atoms with E-state index in [2.05, 4.69) is 33.0 Å². The molecule has 4 unspecified atom stereocenters. The first-order valence-electron chi connectivity index (χ1n) is 9.24. The smallest absolute Gasteiger partial charge is 0.146 e. The number of likely N-dealkylation sites (tertiary alicyclic amines) is 1. The average molecular weight is 325 g/mol. The first-order valence-corrected chi connectivity index (χ1v) is 9.24. The summed E-state index contributed by atoms with van der Waals surface area (Å²) in [6, 6.07) is 0.505. The van der Waals surface area contributed by atoms with Crippen LogP contribution in [0.5, 0.6) is 0 Å². The number of hydroxylamine groups is 1. The lowest BCUT2D eigenvalue weighted by atomic mass is 9.94. The molecule has 7 heteroatoms. The molecule has 0 aromatic rings. The zero-order chi connectivity index (χ0) is 15.6. The van der Waals surface area contributed by atoms with Gasteiger partial charge in [-0.3, -0.25) is 20.0 Å². The van der Waals surface area contributed by atoms with Crippen LogP contribution >= 0.6 is 0 Å². The summed E-state index contributed by atoms with van der Waals surface area (Å²) in [5, 5.41) is 7.41. The van der Waals surface area contributed by atoms with E-state index in [1.54, 1.807) is 0 Å². The van der Waals surface area contributed by atoms with Gasteiger partial charge in [-0.25, -0.2) is 0 Å². The minimum absolute atomic E-state index is 0.129. The molecular formula is C16H31N5O2. The van der Waals surface area contributed by atoms with Crippen molar-refractivity contribution in [1.29, 1.82) is 0 Å². The number of morpholine rings is 1. The van der Waals surface area contributed by atoms with Crippen LogP contribution in [0.25, 0.3) is 0 Å². The quantitative estimate of drug-likeness (QED) is 0.648. The Morgan fingerprint density at radius 3 is 2.61 bits per heavy atom. The molecule has 5 atom stereocenters. The molecule has 4 rings (SSSR count). The molecule has 4 aliphatic rings. The largest absolute Gasteiger partial charge is 0.379 e. The summed E-state index contributed by atoms with van der Waals surface area (Å²) in [7, 11) is 2.20. The number of piperidine rings is 1. The third kappa shape index (κ3) is 3.56. The fourth-order valence-electron chi connectivity index (χ4n) is 4.48. The van der Waals surface area contributed by atoms with Gasteiger partial charge < -0.3 is 10.1 Å². The molecule has 0 amide bonds. The summed E-state index contributed by atoms with van der Waals surface area (Å²) in [4.78, 5) is 10.8. The average Bonchev–Trinajstić information content (AvgIpc) is 3.24. The fourth-order valence-corrected chi connectivity index (χ4v) is 4.48. The second-order valence-electron chi connectivity index (χ2n) is 7.40. The highest BCUT2D eigenvalue weighted by Gasteiger charge is 2.39. The second-order valence-corrected chi connectivity index (χ2v) is 7.40. The minimum Gasteiger partial charge on any atom is -0.379 e. The van der Waals surface area contributed by atoms with Crippen LogP contribution in [-0.4, -0.2) is 80.8 Å². The third-order valence-electron chi connectivity index (χ3n) is 5.98. The van der Waals surface area contributed by atoms with Crippen LogP contribution in [0, 0.1) is 5.92 Å². The van der Waals surface area contributed by atoms with Crippen molar-refractivity contribution in [2.75, 3.05) is 46.4 Å². The van der Waals surface area contributed by atoms with E-state index >= 15 is 0 Å². The van der Waals surface area contributed by atoms with Gasteiger partial charge >= 0.3 is 0 Å². The maximum Gasteiger partial charge on any atom is 0.146 e. The highest BCUT2D eigenvalue weighted by atomic mass is 16.7. The lowest BCUT2D eigenvalue weighted by molar-refractivity contribution is -0.0223. The summed E-state index contributed by atoms with van der Waals surface area (Å²) in [5.74, 6) is 0.587. The van der Waals surface area contributed by atoms with Gasteiger partial charge in [0.05, 0.1) is 31.6 Å². The van der Waals surface area contributed by atoms with Gasteiger partial charge in [0.1, 0.15) is 6.23 Å². The molecule has 0 saturated carbocycles. The minimum atomic E-state index is 0.129. The Morgan fingerprint density at radius 1 is 1.04 bits per heavy atom. The van der Waals surface area contributed by atoms with Gasteiger partial charge in [0, 0.05) is 25.6 Å². The highest BCUT2D eigenvalue weighted by Crippen LogP contribution is 2.25. The maximum absolute atomic E-state index is 5.86. The number of nitrogens with one attached hydrogen (secondary N) is 3. The van der Waals surface area contributed by atoms with E-state index in [0.29, 0.717) is 18.1 Å². The normalized spacial score (nSPS) is 44.0. The van der Waals surface area contributed by atoms with E-state index in [9.17, 15) is 0 Å². The van der Waals surface area contributed by atoms with Crippen LogP contribution in [0.3, 0.4) is 0 Å². The van der Waals surface area contributed by atoms with Gasteiger partial charge in [-0.15, -0.1) is 0 Å². The lowest BCUT2D eigenvalue weighted by Gasteiger charge is -2.40. The van der Waals surface area contributed by atoms with Gasteiger partial charge in [-0.05, 0) is 39.3 Å². The van der Waals surface area contributed by atoms with E-state index in [1.807, 2.05) is 0 Å². The Kier molecular flexibility index (Phi) is 5.15. The van der Waals surface area contributed by atoms with Crippen LogP contribution in [0.2, 0.25) is 0 Å². The molecule has 0 aromatic carbocycles. The molecule has 23 heavy (non-hydrogen) atoms. The zero-order valence-corrected chi connectivity index (χ0v) is 14.2. The molecule has 7 nitrogen and oxygen atoms in total. The highest BCUT2D eigenvalue weighted by molar-refractivity contribution is 4.91. The first-order chi connectivity index (χ1) is 11.3. The van der Waals surface area contributed by atoms with E-state index in [4.69, 9.17) is 9.57 Å². The molecule has 4 heterocycles. The predicted octanol–water partition coefficient (Wildman–Crippen LogP) is -0.485. The fraction of sp³-hybridized carbons (Fsp3) is 1.00. The van der Waals surface area contributed by atoms with Crippen LogP contribution in [0.4, 0.5) is 0 Å². The molecule has 132 valence electrons. The Balaban J connectivity index is 1.24. The summed E-state index contributed by atoms with van der Waals surface area (Å²) in [6.07, 6.45) is 5.87. The molecule has 0 radical (unpaired) electrons. The summed E-state index contributed by atoms with van der Waals surface area (Å²) >= 11 is 0. The zero-order valence-electron chi connectivity index (χ0n) is 14.2. The van der Waals surface area contributed by atoms with Crippen molar-refractivity contribution in [2.24, 2.45) is 5.92 Å². The van der Waals surface area contributed by atoms with Crippen molar-refractivity contribution in [3.05, 3.63) is 0 Å². The molecule has 0 aliphatic carbocycles. The Bertz CT molecular complexity index is 385. The molecule has 4 aliphatic heterocycles. The summed E-state index contributed by atoms with van der Waals surface area (Å²) in [5.41, 5.74) is 3.26. The van der Waals surface area contributed by atoms with Crippen molar-refractivity contribution >= 4 is 0 Å². The molecule has 3 N–H and O–H groups in total. The van der Waals surface area contributed by atoms with Gasteiger partial charge in [0.25, 0.3) is 0 Å². The lowest BCUT2D eigenvalue weighted by Crippen LogP contribution is -2.57. The van der Waals surface area contributed by atoms with Gasteiger partial charge in [-0.1, -0.05) is 0 Å². The topological polar surface area (TPSA) is 61.0 Å². The molecule has 4 saturated heterocycles. The number of likely N-dealkylation sites (N-methyl/N-ethyl adjacent to an activating group) is 1. The number of hydrogen-bond acceptors (Lipinski definition) is 7. The molecular weight excluding hydrogens is 294 g/mol. The van der Waals surface area contributed by atoms with Crippen molar-refractivity contribution in [3.8, 4) is 0 Å². The predicted molar refractivity (Wildman–Crippen MR) is 87.5 cm³/mol. The maximum atomic E-state index is 5.86. The van der Waals surface area contributed by atoms with Crippen molar-refractivity contribution in [2.45, 2.75) is 50.3 Å². The Morgan fingerprint density at radius 2 is 1.91 bits per heavy atom. The van der Waals surface area contributed by atoms with Crippen LogP contribution in [0.15, 0.2) is 0 Å². The van der Waals surface area contributed by atoms with Gasteiger partial charge in [0.15, 0.2) is 0 Å². The van der Waals surface area contributed by atoms with Crippen molar-refractivity contribution in [3.63, 3.8) is 0 Å².